The first-order valence-corrected chi connectivity index (χ1v) is 14.5. The van der Waals surface area contributed by atoms with Crippen molar-refractivity contribution < 1.29 is 35.5 Å². The molecular weight excluding hydrogens is 578 g/mol. The van der Waals surface area contributed by atoms with Crippen LogP contribution in [-0.4, -0.2) is 73.5 Å². The SMILES string of the molecule is CCOC(=O)c1cc(-c2cn(-c3ccc(S(=O)(=O)O)cc3)nn2)nc(-c2cn(-c3ccc(S(=O)(=O)O)cc3)nn2)c1. The molecule has 3 heterocycles. The maximum absolute atomic E-state index is 12.6. The Hall–Kier alpha value is -4.84. The van der Waals surface area contributed by atoms with Crippen molar-refractivity contribution >= 4 is 26.2 Å². The molecule has 0 saturated heterocycles. The van der Waals surface area contributed by atoms with Crippen LogP contribution in [0.2, 0.25) is 0 Å². The van der Waals surface area contributed by atoms with E-state index >= 15 is 0 Å². The van der Waals surface area contributed by atoms with Crippen LogP contribution in [0.15, 0.2) is 82.8 Å². The van der Waals surface area contributed by atoms with E-state index in [4.69, 9.17) is 4.74 Å². The summed E-state index contributed by atoms with van der Waals surface area (Å²) in [6, 6.07) is 13.5. The molecule has 2 N–H and O–H groups in total. The first-order valence-electron chi connectivity index (χ1n) is 11.6. The number of hydrogen-bond acceptors (Lipinski definition) is 11. The fourth-order valence-corrected chi connectivity index (χ4v) is 4.64. The van der Waals surface area contributed by atoms with Crippen LogP contribution in [0.25, 0.3) is 34.2 Å². The van der Waals surface area contributed by atoms with Crippen molar-refractivity contribution in [1.29, 1.82) is 0 Å². The standard InChI is InChI=1S/C24H19N7O8S2/c1-2-39-24(32)15-11-20(22-13-30(28-26-22)16-3-7-18(8-4-16)40(33,34)35)25-21(12-15)23-14-31(29-27-23)17-5-9-19(10-6-17)41(36,37)38/h3-14H,2H2,1H3,(H,33,34,35)(H,36,37,38). The fourth-order valence-electron chi connectivity index (χ4n) is 3.68. The largest absolute Gasteiger partial charge is 0.462 e. The number of carbonyl (C=O) groups is 1. The molecule has 15 nitrogen and oxygen atoms in total. The molecular formula is C24H19N7O8S2. The van der Waals surface area contributed by atoms with Crippen LogP contribution in [0.1, 0.15) is 17.3 Å². The van der Waals surface area contributed by atoms with Gasteiger partial charge >= 0.3 is 5.97 Å². The second kappa shape index (κ2) is 10.6. The zero-order chi connectivity index (χ0) is 29.4. The number of pyridine rings is 1. The maximum atomic E-state index is 12.6. The molecule has 0 aliphatic heterocycles. The van der Waals surface area contributed by atoms with Crippen molar-refractivity contribution in [2.24, 2.45) is 0 Å². The van der Waals surface area contributed by atoms with E-state index in [0.717, 1.165) is 0 Å². The fraction of sp³-hybridized carbons (Fsp3) is 0.0833. The van der Waals surface area contributed by atoms with E-state index in [1.807, 2.05) is 0 Å². The van der Waals surface area contributed by atoms with Gasteiger partial charge in [-0.2, -0.15) is 16.8 Å². The summed E-state index contributed by atoms with van der Waals surface area (Å²) in [5.41, 5.74) is 2.08. The lowest BCUT2D eigenvalue weighted by Gasteiger charge is -2.06. The summed E-state index contributed by atoms with van der Waals surface area (Å²) in [5.74, 6) is -0.612. The van der Waals surface area contributed by atoms with Gasteiger partial charge in [0, 0.05) is 0 Å². The van der Waals surface area contributed by atoms with Gasteiger partial charge in [0.2, 0.25) is 0 Å². The molecule has 0 spiro atoms. The van der Waals surface area contributed by atoms with Gasteiger partial charge in [0.25, 0.3) is 20.2 Å². The normalized spacial score (nSPS) is 11.9. The molecule has 5 aromatic rings. The summed E-state index contributed by atoms with van der Waals surface area (Å²) in [5, 5.41) is 16.3. The Bertz CT molecular complexity index is 1840. The van der Waals surface area contributed by atoms with Gasteiger partial charge in [0.05, 0.1) is 57.1 Å². The van der Waals surface area contributed by atoms with Gasteiger partial charge in [0.1, 0.15) is 11.4 Å². The van der Waals surface area contributed by atoms with Crippen LogP contribution in [0.4, 0.5) is 0 Å². The van der Waals surface area contributed by atoms with Crippen molar-refractivity contribution in [3.63, 3.8) is 0 Å². The Morgan fingerprint density at radius 1 is 0.732 bits per heavy atom. The lowest BCUT2D eigenvalue weighted by molar-refractivity contribution is 0.0526. The van der Waals surface area contributed by atoms with Crippen LogP contribution in [-0.2, 0) is 25.0 Å². The molecule has 0 aliphatic rings. The summed E-state index contributed by atoms with van der Waals surface area (Å²) in [6.45, 7) is 1.80. The minimum Gasteiger partial charge on any atom is -0.462 e. The average Bonchev–Trinajstić information content (AvgIpc) is 3.63. The van der Waals surface area contributed by atoms with E-state index < -0.39 is 26.2 Å². The summed E-state index contributed by atoms with van der Waals surface area (Å²) >= 11 is 0. The molecule has 0 fully saturated rings. The highest BCUT2D eigenvalue weighted by Gasteiger charge is 2.18. The third-order valence-electron chi connectivity index (χ3n) is 5.65. The summed E-state index contributed by atoms with van der Waals surface area (Å²) < 4.78 is 71.5. The Balaban J connectivity index is 1.51. The number of hydrogen-bond donors (Lipinski definition) is 2. The second-order valence-electron chi connectivity index (χ2n) is 8.38. The quantitative estimate of drug-likeness (QED) is 0.194. The van der Waals surface area contributed by atoms with Gasteiger partial charge in [-0.15, -0.1) is 10.2 Å². The number of ether oxygens (including phenoxy) is 1. The Kier molecular flexibility index (Phi) is 7.18. The van der Waals surface area contributed by atoms with E-state index in [1.165, 1.54) is 82.4 Å². The second-order valence-corrected chi connectivity index (χ2v) is 11.2. The molecule has 5 rings (SSSR count). The monoisotopic (exact) mass is 597 g/mol. The number of nitrogens with zero attached hydrogens (tertiary/aromatic N) is 7. The molecule has 0 radical (unpaired) electrons. The van der Waals surface area contributed by atoms with Gasteiger partial charge in [-0.3, -0.25) is 9.11 Å². The van der Waals surface area contributed by atoms with Crippen LogP contribution in [0.3, 0.4) is 0 Å². The van der Waals surface area contributed by atoms with Crippen LogP contribution in [0, 0.1) is 0 Å². The smallest absolute Gasteiger partial charge is 0.338 e. The zero-order valence-electron chi connectivity index (χ0n) is 20.9. The number of rotatable bonds is 8. The first kappa shape index (κ1) is 27.7. The Morgan fingerprint density at radius 3 is 1.51 bits per heavy atom. The number of carbonyl (C=O) groups excluding carboxylic acids is 1. The summed E-state index contributed by atoms with van der Waals surface area (Å²) in [7, 11) is -8.72. The van der Waals surface area contributed by atoms with Crippen molar-refractivity contribution in [1.82, 2.24) is 35.0 Å². The average molecular weight is 598 g/mol. The van der Waals surface area contributed by atoms with Gasteiger partial charge < -0.3 is 4.74 Å². The highest BCUT2D eigenvalue weighted by atomic mass is 32.2. The lowest BCUT2D eigenvalue weighted by Crippen LogP contribution is -2.06. The molecule has 0 bridgehead atoms. The van der Waals surface area contributed by atoms with Gasteiger partial charge in [-0.25, -0.2) is 19.1 Å². The molecule has 0 atom stereocenters. The lowest BCUT2D eigenvalue weighted by atomic mass is 10.1. The van der Waals surface area contributed by atoms with Crippen molar-refractivity contribution in [2.45, 2.75) is 16.7 Å². The molecule has 3 aromatic heterocycles. The Morgan fingerprint density at radius 2 is 1.15 bits per heavy atom. The van der Waals surface area contributed by atoms with E-state index in [-0.39, 0.29) is 44.7 Å². The predicted molar refractivity (Wildman–Crippen MR) is 141 cm³/mol. The van der Waals surface area contributed by atoms with Crippen molar-refractivity contribution in [2.75, 3.05) is 6.61 Å². The maximum Gasteiger partial charge on any atom is 0.338 e. The predicted octanol–water partition coefficient (Wildman–Crippen LogP) is 2.25. The minimum atomic E-state index is -4.36. The van der Waals surface area contributed by atoms with E-state index in [2.05, 4.69) is 25.6 Å². The van der Waals surface area contributed by atoms with Gasteiger partial charge in [-0.1, -0.05) is 10.4 Å². The van der Waals surface area contributed by atoms with Gasteiger partial charge in [0.15, 0.2) is 0 Å². The molecule has 210 valence electrons. The molecule has 0 aliphatic carbocycles. The van der Waals surface area contributed by atoms with Crippen LogP contribution in [0.5, 0.6) is 0 Å². The van der Waals surface area contributed by atoms with Crippen LogP contribution >= 0.6 is 0 Å². The molecule has 0 amide bonds. The van der Waals surface area contributed by atoms with Crippen molar-refractivity contribution in [3.05, 3.63) is 78.6 Å². The number of aromatic nitrogens is 7. The molecule has 17 heteroatoms. The van der Waals surface area contributed by atoms with E-state index in [1.54, 1.807) is 6.92 Å². The first-order chi connectivity index (χ1) is 19.4. The zero-order valence-corrected chi connectivity index (χ0v) is 22.6. The minimum absolute atomic E-state index is 0.136. The summed E-state index contributed by atoms with van der Waals surface area (Å²) in [4.78, 5) is 16.6. The van der Waals surface area contributed by atoms with Crippen molar-refractivity contribution in [3.8, 4) is 34.2 Å². The van der Waals surface area contributed by atoms with Gasteiger partial charge in [-0.05, 0) is 67.6 Å². The summed E-state index contributed by atoms with van der Waals surface area (Å²) in [6.07, 6.45) is 3.02. The number of benzene rings is 2. The highest BCUT2D eigenvalue weighted by Crippen LogP contribution is 2.25. The molecule has 0 unspecified atom stereocenters. The van der Waals surface area contributed by atoms with E-state index in [9.17, 15) is 30.7 Å². The number of esters is 1. The third-order valence-corrected chi connectivity index (χ3v) is 7.38. The van der Waals surface area contributed by atoms with E-state index in [0.29, 0.717) is 11.4 Å². The Labute approximate surface area is 232 Å². The molecule has 41 heavy (non-hydrogen) atoms. The highest BCUT2D eigenvalue weighted by molar-refractivity contribution is 7.86. The molecule has 2 aromatic carbocycles. The topological polar surface area (TPSA) is 209 Å². The molecule has 0 saturated carbocycles. The van der Waals surface area contributed by atoms with Crippen LogP contribution < -0.4 is 0 Å². The third kappa shape index (κ3) is 6.02.